The number of hydrogen-bond acceptors (Lipinski definition) is 13. The molecule has 384 valence electrons. The summed E-state index contributed by atoms with van der Waals surface area (Å²) in [6.07, 6.45) is 3.29. The first-order valence-electron chi connectivity index (χ1n) is 23.2. The molecule has 2 aliphatic rings. The lowest BCUT2D eigenvalue weighted by Gasteiger charge is -2.45. The number of methoxy groups -OCH3 is 4. The quantitative estimate of drug-likeness (QED) is 0.0998. The van der Waals surface area contributed by atoms with Crippen LogP contribution in [0.2, 0.25) is 0 Å². The fourth-order valence-corrected chi connectivity index (χ4v) is 8.27. The van der Waals surface area contributed by atoms with Crippen molar-refractivity contribution in [2.75, 3.05) is 68.0 Å². The van der Waals surface area contributed by atoms with Gasteiger partial charge in [0.1, 0.15) is 5.60 Å². The van der Waals surface area contributed by atoms with E-state index in [1.54, 1.807) is 90.5 Å². The molecule has 2 aliphatic heterocycles. The molecule has 0 spiro atoms. The van der Waals surface area contributed by atoms with Crippen LogP contribution in [0.15, 0.2) is 36.4 Å². The van der Waals surface area contributed by atoms with Crippen molar-refractivity contribution < 1.29 is 67.3 Å². The summed E-state index contributed by atoms with van der Waals surface area (Å²) in [7, 11) is 6.38. The topological polar surface area (TPSA) is 212 Å². The highest BCUT2D eigenvalue weighted by molar-refractivity contribution is 5.96. The number of aliphatic carboxylic acids is 2. The van der Waals surface area contributed by atoms with Crippen LogP contribution in [0.4, 0.5) is 4.79 Å². The third-order valence-corrected chi connectivity index (χ3v) is 11.3. The summed E-state index contributed by atoms with van der Waals surface area (Å²) in [5.41, 5.74) is 0.250. The summed E-state index contributed by atoms with van der Waals surface area (Å²) < 4.78 is 38.1. The maximum absolute atomic E-state index is 13.8. The Morgan fingerprint density at radius 2 is 1.15 bits per heavy atom. The van der Waals surface area contributed by atoms with E-state index in [0.717, 1.165) is 19.3 Å². The van der Waals surface area contributed by atoms with Gasteiger partial charge < -0.3 is 63.4 Å². The molecule has 2 unspecified atom stereocenters. The summed E-state index contributed by atoms with van der Waals surface area (Å²) in [6.45, 7) is 15.9. The number of nitrogens with one attached hydrogen (secondary N) is 1. The van der Waals surface area contributed by atoms with Crippen molar-refractivity contribution in [1.82, 2.24) is 20.0 Å². The average molecular weight is 982 g/mol. The van der Waals surface area contributed by atoms with Gasteiger partial charge in [-0.15, -0.1) is 12.4 Å². The van der Waals surface area contributed by atoms with Crippen LogP contribution >= 0.6 is 12.4 Å². The van der Waals surface area contributed by atoms with Gasteiger partial charge in [-0.1, -0.05) is 0 Å². The van der Waals surface area contributed by atoms with E-state index in [-0.39, 0.29) is 73.8 Å². The monoisotopic (exact) mass is 981 g/mol. The molecule has 0 radical (unpaired) electrons. The molecule has 3 N–H and O–H groups in total. The van der Waals surface area contributed by atoms with Crippen molar-refractivity contribution in [2.45, 2.75) is 142 Å². The Hall–Kier alpha value is -5.04. The maximum Gasteiger partial charge on any atom is 0.410 e. The SMILES string of the molecule is COCCCOc1cc(C(=O)N(C(C)C)C2CC[C@H](CC(=O)O)N(C(=O)OC(C)(C)C)C2)ccc1OC.COCCCOc1cc(C(=O)N(C(C)C)C2CC[C@H](CC(=O)O)NC2)ccc1OC.Cl. The molecule has 4 rings (SSSR count). The van der Waals surface area contributed by atoms with E-state index in [1.807, 2.05) is 32.6 Å². The van der Waals surface area contributed by atoms with Crippen molar-refractivity contribution in [3.05, 3.63) is 47.5 Å². The normalized spacial score (nSPS) is 18.0. The van der Waals surface area contributed by atoms with Gasteiger partial charge in [0.05, 0.1) is 46.3 Å². The minimum Gasteiger partial charge on any atom is -0.493 e. The van der Waals surface area contributed by atoms with Crippen LogP contribution in [-0.2, 0) is 23.8 Å². The van der Waals surface area contributed by atoms with E-state index in [4.69, 9.17) is 38.3 Å². The predicted molar refractivity (Wildman–Crippen MR) is 259 cm³/mol. The van der Waals surface area contributed by atoms with Crippen LogP contribution in [0.25, 0.3) is 0 Å². The van der Waals surface area contributed by atoms with E-state index >= 15 is 0 Å². The molecule has 0 saturated carbocycles. The van der Waals surface area contributed by atoms with E-state index in [2.05, 4.69) is 5.32 Å². The highest BCUT2D eigenvalue weighted by Gasteiger charge is 2.40. The first-order valence-corrected chi connectivity index (χ1v) is 23.2. The Bertz CT molecular complexity index is 1900. The first kappa shape index (κ1) is 59.1. The second-order valence-corrected chi connectivity index (χ2v) is 18.3. The molecule has 2 saturated heterocycles. The van der Waals surface area contributed by atoms with Gasteiger partial charge >= 0.3 is 18.0 Å². The molecule has 2 aromatic rings. The van der Waals surface area contributed by atoms with E-state index in [0.29, 0.717) is 86.4 Å². The van der Waals surface area contributed by atoms with Crippen molar-refractivity contribution >= 4 is 42.3 Å². The van der Waals surface area contributed by atoms with Gasteiger partial charge in [-0.3, -0.25) is 19.2 Å². The number of benzene rings is 2. The number of carbonyl (C=O) groups excluding carboxylic acids is 3. The Morgan fingerprint density at radius 3 is 1.54 bits per heavy atom. The highest BCUT2D eigenvalue weighted by atomic mass is 35.5. The van der Waals surface area contributed by atoms with Gasteiger partial charge in [0, 0.05) is 94.7 Å². The lowest BCUT2D eigenvalue weighted by Crippen LogP contribution is -2.57. The van der Waals surface area contributed by atoms with Crippen LogP contribution in [-0.4, -0.2) is 165 Å². The number of rotatable bonds is 22. The van der Waals surface area contributed by atoms with Gasteiger partial charge in [0.2, 0.25) is 0 Å². The van der Waals surface area contributed by atoms with Gasteiger partial charge in [0.25, 0.3) is 11.8 Å². The number of nitrogens with zero attached hydrogens (tertiary/aromatic N) is 3. The first-order chi connectivity index (χ1) is 31.7. The van der Waals surface area contributed by atoms with Crippen molar-refractivity contribution in [3.63, 3.8) is 0 Å². The van der Waals surface area contributed by atoms with Crippen LogP contribution in [0.3, 0.4) is 0 Å². The number of hydrogen-bond donors (Lipinski definition) is 3. The molecule has 0 bridgehead atoms. The Balaban J connectivity index is 0.000000470. The van der Waals surface area contributed by atoms with Gasteiger partial charge in [-0.25, -0.2) is 4.79 Å². The fourth-order valence-electron chi connectivity index (χ4n) is 8.27. The summed E-state index contributed by atoms with van der Waals surface area (Å²) in [5.74, 6) is 0.0403. The molecule has 68 heavy (non-hydrogen) atoms. The molecule has 2 aromatic carbocycles. The second kappa shape index (κ2) is 29.1. The number of carboxylic acid groups (broad SMARTS) is 2. The third-order valence-electron chi connectivity index (χ3n) is 11.3. The molecule has 0 aliphatic carbocycles. The van der Waals surface area contributed by atoms with Crippen molar-refractivity contribution in [1.29, 1.82) is 0 Å². The highest BCUT2D eigenvalue weighted by Crippen LogP contribution is 2.33. The fraction of sp³-hybridized carbons (Fsp3) is 0.653. The zero-order valence-electron chi connectivity index (χ0n) is 41.9. The zero-order valence-corrected chi connectivity index (χ0v) is 42.7. The van der Waals surface area contributed by atoms with Crippen molar-refractivity contribution in [2.24, 2.45) is 0 Å². The van der Waals surface area contributed by atoms with Gasteiger partial charge in [-0.05, 0) is 111 Å². The lowest BCUT2D eigenvalue weighted by atomic mass is 9.94. The molecule has 18 nitrogen and oxygen atoms in total. The van der Waals surface area contributed by atoms with Crippen molar-refractivity contribution in [3.8, 4) is 23.0 Å². The number of carboxylic acids is 2. The van der Waals surface area contributed by atoms with Crippen LogP contribution in [0, 0.1) is 0 Å². The maximum atomic E-state index is 13.8. The van der Waals surface area contributed by atoms with E-state index < -0.39 is 29.7 Å². The summed E-state index contributed by atoms with van der Waals surface area (Å²) in [5, 5.41) is 21.7. The van der Waals surface area contributed by atoms with Gasteiger partial charge in [-0.2, -0.15) is 0 Å². The number of ether oxygens (including phenoxy) is 7. The largest absolute Gasteiger partial charge is 0.493 e. The van der Waals surface area contributed by atoms with E-state index in [9.17, 15) is 29.1 Å². The van der Waals surface area contributed by atoms with E-state index in [1.165, 1.54) is 4.90 Å². The smallest absolute Gasteiger partial charge is 0.410 e. The summed E-state index contributed by atoms with van der Waals surface area (Å²) in [6, 6.07) is 9.30. The molecule has 3 amide bonds. The Kier molecular flexibility index (Phi) is 25.3. The second-order valence-electron chi connectivity index (χ2n) is 18.3. The standard InChI is InChI=1S/C27H42N2O8.C22H34N2O6.ClH/c1-18(2)29(25(32)19-9-12-22(35-7)23(15-19)36-14-8-13-34-6)21-11-10-20(16-24(30)31)28(17-21)26(33)37-27(3,4)5;1-15(2)24(18-8-7-17(23-14-18)13-21(25)26)22(27)16-6-9-19(29-4)20(12-16)30-11-5-10-28-3;/h9,12,15,18,20-21H,8,10-11,13-14,16-17H2,1-7H3,(H,30,31);6,9,12,15,17-18,23H,5,7-8,10-11,13-14H2,1-4H3,(H,25,26);1H/t20-,21?;17-,18?;/m11./s1. The molecular formula is C49H77ClN4O14. The number of halogens is 1. The lowest BCUT2D eigenvalue weighted by molar-refractivity contribution is -0.139. The van der Waals surface area contributed by atoms with Crippen LogP contribution < -0.4 is 24.3 Å². The number of carbonyl (C=O) groups is 5. The van der Waals surface area contributed by atoms with Crippen LogP contribution in [0.1, 0.15) is 121 Å². The zero-order chi connectivity index (χ0) is 49.8. The summed E-state index contributed by atoms with van der Waals surface area (Å²) in [4.78, 5) is 67.6. The number of amides is 3. The molecule has 2 fully saturated rings. The minimum atomic E-state index is -0.981. The number of piperidine rings is 2. The van der Waals surface area contributed by atoms with Gasteiger partial charge in [0.15, 0.2) is 23.0 Å². The average Bonchev–Trinajstić information content (AvgIpc) is 3.26. The molecule has 0 aromatic heterocycles. The Labute approximate surface area is 408 Å². The molecular weight excluding hydrogens is 904 g/mol. The molecule has 19 heteroatoms. The predicted octanol–water partition coefficient (Wildman–Crippen LogP) is 7.18. The molecule has 4 atom stereocenters. The molecule has 2 heterocycles. The third kappa shape index (κ3) is 18.5. The van der Waals surface area contributed by atoms with Crippen LogP contribution in [0.5, 0.6) is 23.0 Å². The number of likely N-dealkylation sites (tertiary alicyclic amines) is 1. The summed E-state index contributed by atoms with van der Waals surface area (Å²) >= 11 is 0. The minimum absolute atomic E-state index is 0. The Morgan fingerprint density at radius 1 is 0.676 bits per heavy atom.